The van der Waals surface area contributed by atoms with E-state index in [-0.39, 0.29) is 18.5 Å². The van der Waals surface area contributed by atoms with Crippen molar-refractivity contribution in [2.75, 3.05) is 44.8 Å². The van der Waals surface area contributed by atoms with Crippen LogP contribution in [0.1, 0.15) is 38.7 Å². The third-order valence-electron chi connectivity index (χ3n) is 6.14. The van der Waals surface area contributed by atoms with E-state index in [1.165, 1.54) is 28.2 Å². The molecule has 0 aromatic heterocycles. The Bertz CT molecular complexity index is 908. The van der Waals surface area contributed by atoms with Gasteiger partial charge in [-0.3, -0.25) is 14.6 Å². The number of unbranched alkanes of at least 4 members (excludes halogenated alkanes) is 1. The molecular formula is C23H32N5O3+. The van der Waals surface area contributed by atoms with Crippen molar-refractivity contribution >= 4 is 29.4 Å². The number of imide groups is 1. The Kier molecular flexibility index (Phi) is 6.36. The van der Waals surface area contributed by atoms with Crippen molar-refractivity contribution in [2.24, 2.45) is 4.99 Å². The maximum atomic E-state index is 13.3. The molecule has 1 aromatic rings. The Hall–Kier alpha value is -2.74. The molecule has 3 heterocycles. The highest BCUT2D eigenvalue weighted by Gasteiger charge is 2.54. The molecule has 4 rings (SSSR count). The number of hydrogen-bond acceptors (Lipinski definition) is 5. The number of rotatable bonds is 8. The quantitative estimate of drug-likeness (QED) is 0.473. The first kappa shape index (κ1) is 21.5. The van der Waals surface area contributed by atoms with E-state index in [0.29, 0.717) is 19.0 Å². The molecule has 0 N–H and O–H groups in total. The number of nitrogens with zero attached hydrogens (tertiary/aromatic N) is 5. The number of ether oxygens (including phenoxy) is 1. The number of aliphatic imine (C=N–C) groups is 1. The van der Waals surface area contributed by atoms with E-state index >= 15 is 0 Å². The number of aryl methyl sites for hydroxylation is 1. The Morgan fingerprint density at radius 2 is 1.97 bits per heavy atom. The van der Waals surface area contributed by atoms with Gasteiger partial charge in [-0.1, -0.05) is 30.5 Å². The molecule has 166 valence electrons. The molecule has 0 aliphatic carbocycles. The molecule has 0 spiro atoms. The Morgan fingerprint density at radius 3 is 2.68 bits per heavy atom. The van der Waals surface area contributed by atoms with Crippen molar-refractivity contribution in [3.05, 3.63) is 29.8 Å². The molecule has 3 aliphatic rings. The summed E-state index contributed by atoms with van der Waals surface area (Å²) >= 11 is 0. The van der Waals surface area contributed by atoms with Gasteiger partial charge in [-0.05, 0) is 37.5 Å². The maximum absolute atomic E-state index is 13.3. The first-order valence-electron chi connectivity index (χ1n) is 11.3. The highest BCUT2D eigenvalue weighted by molar-refractivity contribution is 6.24. The van der Waals surface area contributed by atoms with Crippen LogP contribution < -0.4 is 4.90 Å². The van der Waals surface area contributed by atoms with Crippen molar-refractivity contribution in [3.63, 3.8) is 0 Å². The van der Waals surface area contributed by atoms with Crippen molar-refractivity contribution in [1.29, 1.82) is 0 Å². The van der Waals surface area contributed by atoms with Gasteiger partial charge in [0.05, 0.1) is 26.2 Å². The minimum Gasteiger partial charge on any atom is -0.380 e. The summed E-state index contributed by atoms with van der Waals surface area (Å²) < 4.78 is 7.42. The maximum Gasteiger partial charge on any atom is 0.397 e. The number of amidine groups is 1. The van der Waals surface area contributed by atoms with Gasteiger partial charge in [0.2, 0.25) is 11.9 Å². The standard InChI is InChI=1S/C23H32N5O3/c1-4-6-8-17-9-11-18(12-10-17)26-13-7-14-27-19-20(24-22(26)27)25(3)23(30)28(21(19)29)15-16-31-5-2/h9-12,19H,4-8,13-16H2,1-3H3/q+1. The molecule has 0 saturated carbocycles. The zero-order valence-corrected chi connectivity index (χ0v) is 18.7. The van der Waals surface area contributed by atoms with E-state index in [4.69, 9.17) is 9.73 Å². The molecule has 0 bridgehead atoms. The van der Waals surface area contributed by atoms with Crippen molar-refractivity contribution in [2.45, 2.75) is 45.6 Å². The van der Waals surface area contributed by atoms with Gasteiger partial charge < -0.3 is 4.74 Å². The second kappa shape index (κ2) is 9.18. The summed E-state index contributed by atoms with van der Waals surface area (Å²) in [4.78, 5) is 35.8. The molecule has 1 aromatic carbocycles. The molecule has 3 amide bonds. The predicted octanol–water partition coefficient (Wildman–Crippen LogP) is 2.32. The van der Waals surface area contributed by atoms with Crippen LogP contribution in [0.2, 0.25) is 0 Å². The van der Waals surface area contributed by atoms with Crippen LogP contribution in [0.3, 0.4) is 0 Å². The Balaban J connectivity index is 1.60. The summed E-state index contributed by atoms with van der Waals surface area (Å²) in [6.07, 6.45) is 4.38. The zero-order valence-electron chi connectivity index (χ0n) is 18.7. The average Bonchev–Trinajstić information content (AvgIpc) is 3.19. The second-order valence-electron chi connectivity index (χ2n) is 8.17. The molecule has 8 nitrogen and oxygen atoms in total. The fourth-order valence-electron chi connectivity index (χ4n) is 4.42. The first-order valence-corrected chi connectivity index (χ1v) is 11.3. The number of amides is 3. The van der Waals surface area contributed by atoms with Gasteiger partial charge in [0.25, 0.3) is 5.91 Å². The monoisotopic (exact) mass is 426 g/mol. The summed E-state index contributed by atoms with van der Waals surface area (Å²) in [5, 5.41) is 0. The highest BCUT2D eigenvalue weighted by atomic mass is 16.5. The third-order valence-corrected chi connectivity index (χ3v) is 6.14. The molecule has 0 radical (unpaired) electrons. The second-order valence-corrected chi connectivity index (χ2v) is 8.17. The summed E-state index contributed by atoms with van der Waals surface area (Å²) in [5.41, 5.74) is 2.40. The molecule has 1 saturated heterocycles. The normalized spacial score (nSPS) is 20.9. The van der Waals surface area contributed by atoms with E-state index in [1.807, 2.05) is 11.5 Å². The fourth-order valence-corrected chi connectivity index (χ4v) is 4.42. The lowest BCUT2D eigenvalue weighted by molar-refractivity contribution is -0.539. The number of hydrogen-bond donors (Lipinski definition) is 0. The van der Waals surface area contributed by atoms with Crippen molar-refractivity contribution < 1.29 is 18.9 Å². The van der Waals surface area contributed by atoms with Crippen LogP contribution in [0.25, 0.3) is 0 Å². The lowest BCUT2D eigenvalue weighted by Crippen LogP contribution is -2.63. The fraction of sp³-hybridized carbons (Fsp3) is 0.565. The van der Waals surface area contributed by atoms with E-state index in [9.17, 15) is 9.59 Å². The number of likely N-dealkylation sites (N-methyl/N-ethyl adjacent to an activating group) is 1. The van der Waals surface area contributed by atoms with Crippen LogP contribution in [-0.2, 0) is 16.0 Å². The Labute approximate surface area is 183 Å². The topological polar surface area (TPSA) is 68.5 Å². The van der Waals surface area contributed by atoms with Gasteiger partial charge in [0.15, 0.2) is 0 Å². The van der Waals surface area contributed by atoms with E-state index in [0.717, 1.165) is 37.6 Å². The predicted molar refractivity (Wildman–Crippen MR) is 120 cm³/mol. The summed E-state index contributed by atoms with van der Waals surface area (Å²) in [6.45, 7) is 6.83. The van der Waals surface area contributed by atoms with Gasteiger partial charge in [-0.15, -0.1) is 0 Å². The Morgan fingerprint density at radius 1 is 1.19 bits per heavy atom. The zero-order chi connectivity index (χ0) is 22.0. The number of carbonyl (C=O) groups excluding carboxylic acids is 2. The number of anilines is 1. The van der Waals surface area contributed by atoms with Crippen LogP contribution in [0, 0.1) is 0 Å². The number of carbonyl (C=O) groups is 2. The van der Waals surface area contributed by atoms with Crippen LogP contribution >= 0.6 is 0 Å². The SMILES string of the molecule is CCCCc1ccc(N2CCC[N+]3=C2N=C2C3C(=O)N(CCOCC)C(=O)N2C)cc1. The lowest BCUT2D eigenvalue weighted by Gasteiger charge is -2.34. The molecule has 31 heavy (non-hydrogen) atoms. The average molecular weight is 427 g/mol. The molecule has 1 unspecified atom stereocenters. The van der Waals surface area contributed by atoms with E-state index in [2.05, 4.69) is 36.1 Å². The first-order chi connectivity index (χ1) is 15.1. The van der Waals surface area contributed by atoms with E-state index < -0.39 is 6.04 Å². The van der Waals surface area contributed by atoms with Crippen LogP contribution in [0.5, 0.6) is 0 Å². The number of urea groups is 1. The summed E-state index contributed by atoms with van der Waals surface area (Å²) in [7, 11) is 1.69. The highest BCUT2D eigenvalue weighted by Crippen LogP contribution is 2.27. The molecule has 1 atom stereocenters. The lowest BCUT2D eigenvalue weighted by atomic mass is 10.1. The largest absolute Gasteiger partial charge is 0.397 e. The molecule has 1 fully saturated rings. The van der Waals surface area contributed by atoms with Crippen LogP contribution in [0.15, 0.2) is 29.3 Å². The van der Waals surface area contributed by atoms with Gasteiger partial charge in [0, 0.05) is 20.1 Å². The minimum atomic E-state index is -0.550. The van der Waals surface area contributed by atoms with Crippen molar-refractivity contribution in [1.82, 2.24) is 9.80 Å². The summed E-state index contributed by atoms with van der Waals surface area (Å²) in [6, 6.07) is 7.73. The molecular weight excluding hydrogens is 394 g/mol. The number of benzene rings is 1. The van der Waals surface area contributed by atoms with Crippen molar-refractivity contribution in [3.8, 4) is 0 Å². The smallest absolute Gasteiger partial charge is 0.380 e. The number of guanidine groups is 1. The van der Waals surface area contributed by atoms with Gasteiger partial charge >= 0.3 is 12.0 Å². The number of fused-ring (bicyclic) bond motifs is 2. The molecule has 8 heteroatoms. The van der Waals surface area contributed by atoms with Crippen LogP contribution in [-0.4, -0.2) is 84.0 Å². The van der Waals surface area contributed by atoms with Gasteiger partial charge in [-0.2, -0.15) is 0 Å². The summed E-state index contributed by atoms with van der Waals surface area (Å²) in [5.74, 6) is 1.06. The van der Waals surface area contributed by atoms with Crippen LogP contribution in [0.4, 0.5) is 10.5 Å². The van der Waals surface area contributed by atoms with E-state index in [1.54, 1.807) is 7.05 Å². The van der Waals surface area contributed by atoms with Gasteiger partial charge in [0.1, 0.15) is 5.69 Å². The molecule has 3 aliphatic heterocycles. The third kappa shape index (κ3) is 3.96. The minimum absolute atomic E-state index is 0.215. The van der Waals surface area contributed by atoms with Gasteiger partial charge in [-0.25, -0.2) is 14.3 Å².